The maximum Gasteiger partial charge on any atom is 0.129 e. The van der Waals surface area contributed by atoms with Gasteiger partial charge in [-0.3, -0.25) is 0 Å². The number of nitrogens with zero attached hydrogens (tertiary/aromatic N) is 4. The Morgan fingerprint density at radius 1 is 0.871 bits per heavy atom. The first kappa shape index (κ1) is 18.9. The first-order valence-electron chi connectivity index (χ1n) is 11.4. The lowest BCUT2D eigenvalue weighted by Gasteiger charge is -2.37. The van der Waals surface area contributed by atoms with Gasteiger partial charge in [0.15, 0.2) is 0 Å². The van der Waals surface area contributed by atoms with Crippen LogP contribution in [-0.2, 0) is 0 Å². The van der Waals surface area contributed by atoms with E-state index in [-0.39, 0.29) is 11.9 Å². The van der Waals surface area contributed by atoms with Crippen LogP contribution < -0.4 is 15.1 Å². The number of rotatable bonds is 3. The highest BCUT2D eigenvalue weighted by molar-refractivity contribution is 5.69. The lowest BCUT2D eigenvalue weighted by molar-refractivity contribution is 0.312. The summed E-state index contributed by atoms with van der Waals surface area (Å²) in [7, 11) is 0. The quantitative estimate of drug-likeness (QED) is 0.701. The van der Waals surface area contributed by atoms with E-state index in [1.165, 1.54) is 11.4 Å². The van der Waals surface area contributed by atoms with Crippen molar-refractivity contribution in [3.8, 4) is 11.3 Å². The number of anilines is 2. The van der Waals surface area contributed by atoms with Gasteiger partial charge in [-0.15, -0.1) is 0 Å². The third kappa shape index (κ3) is 3.21. The van der Waals surface area contributed by atoms with E-state index in [4.69, 9.17) is 0 Å². The van der Waals surface area contributed by atoms with Crippen LogP contribution in [0.2, 0.25) is 0 Å². The van der Waals surface area contributed by atoms with Crippen LogP contribution in [0.25, 0.3) is 11.3 Å². The molecule has 4 heterocycles. The standard InChI is InChI=1S/C25H28FN5/c26-22-3-1-2-21-23-16-28-17-31(23)25(24(21)22)18-8-12-29(13-9-18)19-4-6-20(7-5-19)30-14-10-27-11-15-30/h1-7,16-18,25,27H,8-15H2. The number of imidazole rings is 1. The van der Waals surface area contributed by atoms with E-state index in [1.807, 2.05) is 18.6 Å². The summed E-state index contributed by atoms with van der Waals surface area (Å²) in [5.41, 5.74) is 5.52. The molecule has 3 aliphatic rings. The molecule has 1 atom stereocenters. The third-order valence-corrected chi connectivity index (χ3v) is 7.27. The normalized spacial score (nSPS) is 21.3. The largest absolute Gasteiger partial charge is 0.372 e. The van der Waals surface area contributed by atoms with Gasteiger partial charge < -0.3 is 19.7 Å². The summed E-state index contributed by atoms with van der Waals surface area (Å²) in [6.45, 7) is 6.25. The number of benzene rings is 2. The van der Waals surface area contributed by atoms with Crippen LogP contribution >= 0.6 is 0 Å². The molecule has 0 radical (unpaired) electrons. The maximum atomic E-state index is 14.8. The Labute approximate surface area is 182 Å². The molecule has 6 heteroatoms. The van der Waals surface area contributed by atoms with Crippen LogP contribution in [0, 0.1) is 11.7 Å². The van der Waals surface area contributed by atoms with Gasteiger partial charge in [0.05, 0.1) is 24.3 Å². The Kier molecular flexibility index (Phi) is 4.68. The van der Waals surface area contributed by atoms with E-state index in [9.17, 15) is 4.39 Å². The molecule has 0 aliphatic carbocycles. The summed E-state index contributed by atoms with van der Waals surface area (Å²) in [5, 5.41) is 3.41. The SMILES string of the molecule is Fc1cccc2c1C(C1CCN(c3ccc(N4CCNCC4)cc3)CC1)n1cncc1-2. The van der Waals surface area contributed by atoms with Gasteiger partial charge >= 0.3 is 0 Å². The van der Waals surface area contributed by atoms with Crippen LogP contribution in [0.3, 0.4) is 0 Å². The van der Waals surface area contributed by atoms with Gasteiger partial charge in [-0.25, -0.2) is 9.37 Å². The summed E-state index contributed by atoms with van der Waals surface area (Å²) < 4.78 is 17.0. The predicted octanol–water partition coefficient (Wildman–Crippen LogP) is 3.92. The molecule has 1 N–H and O–H groups in total. The Bertz CT molecular complexity index is 1060. The number of hydrogen-bond acceptors (Lipinski definition) is 4. The first-order chi connectivity index (χ1) is 15.3. The van der Waals surface area contributed by atoms with Crippen molar-refractivity contribution in [1.29, 1.82) is 0 Å². The second kappa shape index (κ2) is 7.68. The van der Waals surface area contributed by atoms with E-state index >= 15 is 0 Å². The van der Waals surface area contributed by atoms with E-state index in [0.717, 1.165) is 68.9 Å². The summed E-state index contributed by atoms with van der Waals surface area (Å²) in [5.74, 6) is 0.333. The number of aromatic nitrogens is 2. The minimum absolute atomic E-state index is 0.0611. The van der Waals surface area contributed by atoms with E-state index in [2.05, 4.69) is 48.9 Å². The zero-order valence-corrected chi connectivity index (χ0v) is 17.7. The van der Waals surface area contributed by atoms with E-state index < -0.39 is 0 Å². The number of piperidine rings is 1. The van der Waals surface area contributed by atoms with Gasteiger partial charge in [-0.05, 0) is 49.1 Å². The number of nitrogens with one attached hydrogen (secondary N) is 1. The average molecular weight is 418 g/mol. The number of fused-ring (bicyclic) bond motifs is 3. The summed E-state index contributed by atoms with van der Waals surface area (Å²) in [6, 6.07) is 14.5. The van der Waals surface area contributed by atoms with Gasteiger partial charge in [0, 0.05) is 61.8 Å². The van der Waals surface area contributed by atoms with Crippen molar-refractivity contribution in [2.24, 2.45) is 5.92 Å². The predicted molar refractivity (Wildman–Crippen MR) is 122 cm³/mol. The molecule has 1 unspecified atom stereocenters. The highest BCUT2D eigenvalue weighted by Gasteiger charge is 2.37. The Morgan fingerprint density at radius 2 is 1.55 bits per heavy atom. The van der Waals surface area contributed by atoms with Crippen molar-refractivity contribution in [2.45, 2.75) is 18.9 Å². The Morgan fingerprint density at radius 3 is 2.26 bits per heavy atom. The molecular weight excluding hydrogens is 389 g/mol. The Balaban J connectivity index is 1.17. The molecule has 2 saturated heterocycles. The van der Waals surface area contributed by atoms with Crippen molar-refractivity contribution < 1.29 is 4.39 Å². The highest BCUT2D eigenvalue weighted by Crippen LogP contribution is 2.46. The average Bonchev–Trinajstić information content (AvgIpc) is 3.42. The molecule has 0 bridgehead atoms. The molecule has 3 aliphatic heterocycles. The molecule has 6 rings (SSSR count). The molecule has 160 valence electrons. The second-order valence-electron chi connectivity index (χ2n) is 8.91. The fourth-order valence-electron chi connectivity index (χ4n) is 5.67. The molecule has 1 aromatic heterocycles. The summed E-state index contributed by atoms with van der Waals surface area (Å²) >= 11 is 0. The molecule has 31 heavy (non-hydrogen) atoms. The lowest BCUT2D eigenvalue weighted by Crippen LogP contribution is -2.43. The number of hydrogen-bond donors (Lipinski definition) is 1. The minimum atomic E-state index is -0.0860. The highest BCUT2D eigenvalue weighted by atomic mass is 19.1. The van der Waals surface area contributed by atoms with Gasteiger partial charge in [0.25, 0.3) is 0 Å². The van der Waals surface area contributed by atoms with Crippen molar-refractivity contribution >= 4 is 11.4 Å². The fraction of sp³-hybridized carbons (Fsp3) is 0.400. The van der Waals surface area contributed by atoms with Gasteiger partial charge in [-0.1, -0.05) is 12.1 Å². The van der Waals surface area contributed by atoms with E-state index in [1.54, 1.807) is 12.1 Å². The Hall–Kier alpha value is -2.86. The molecule has 0 amide bonds. The molecule has 2 fully saturated rings. The number of piperazine rings is 1. The van der Waals surface area contributed by atoms with Crippen molar-refractivity contribution in [1.82, 2.24) is 14.9 Å². The zero-order chi connectivity index (χ0) is 20.8. The molecule has 0 saturated carbocycles. The summed E-state index contributed by atoms with van der Waals surface area (Å²) in [4.78, 5) is 9.27. The van der Waals surface area contributed by atoms with Crippen molar-refractivity contribution in [2.75, 3.05) is 49.1 Å². The fourth-order valence-corrected chi connectivity index (χ4v) is 5.67. The van der Waals surface area contributed by atoms with Crippen LogP contribution in [0.15, 0.2) is 55.0 Å². The zero-order valence-electron chi connectivity index (χ0n) is 17.7. The van der Waals surface area contributed by atoms with Crippen LogP contribution in [-0.4, -0.2) is 48.8 Å². The molecule has 2 aromatic carbocycles. The van der Waals surface area contributed by atoms with Crippen LogP contribution in [0.5, 0.6) is 0 Å². The second-order valence-corrected chi connectivity index (χ2v) is 8.91. The number of halogens is 1. The maximum absolute atomic E-state index is 14.8. The van der Waals surface area contributed by atoms with Crippen LogP contribution in [0.1, 0.15) is 24.4 Å². The van der Waals surface area contributed by atoms with Crippen molar-refractivity contribution in [3.63, 3.8) is 0 Å². The summed E-state index contributed by atoms with van der Waals surface area (Å²) in [6.07, 6.45) is 5.85. The molecular formula is C25H28FN5. The van der Waals surface area contributed by atoms with Gasteiger partial charge in [-0.2, -0.15) is 0 Å². The third-order valence-electron chi connectivity index (χ3n) is 7.27. The smallest absolute Gasteiger partial charge is 0.129 e. The van der Waals surface area contributed by atoms with Gasteiger partial charge in [0.1, 0.15) is 5.82 Å². The molecule has 0 spiro atoms. The molecule has 5 nitrogen and oxygen atoms in total. The van der Waals surface area contributed by atoms with Crippen molar-refractivity contribution in [3.05, 3.63) is 66.4 Å². The first-order valence-corrected chi connectivity index (χ1v) is 11.4. The van der Waals surface area contributed by atoms with E-state index in [0.29, 0.717) is 5.92 Å². The minimum Gasteiger partial charge on any atom is -0.372 e. The van der Waals surface area contributed by atoms with Crippen LogP contribution in [0.4, 0.5) is 15.8 Å². The van der Waals surface area contributed by atoms with Gasteiger partial charge in [0.2, 0.25) is 0 Å². The monoisotopic (exact) mass is 417 g/mol. The molecule has 3 aromatic rings. The lowest BCUT2D eigenvalue weighted by atomic mass is 9.85. The topological polar surface area (TPSA) is 36.3 Å².